The molecule has 4 aliphatic carbocycles. The van der Waals surface area contributed by atoms with Crippen LogP contribution in [-0.2, 0) is 9.53 Å². The van der Waals surface area contributed by atoms with Gasteiger partial charge in [0.15, 0.2) is 0 Å². The van der Waals surface area contributed by atoms with E-state index in [0.717, 1.165) is 17.8 Å². The zero-order valence-corrected chi connectivity index (χ0v) is 11.6. The third-order valence-corrected chi connectivity index (χ3v) is 6.19. The summed E-state index contributed by atoms with van der Waals surface area (Å²) in [6.07, 6.45) is 13.4. The highest BCUT2D eigenvalue weighted by atomic mass is 16.5. The molecule has 2 heteroatoms. The lowest BCUT2D eigenvalue weighted by Gasteiger charge is -2.22. The van der Waals surface area contributed by atoms with Crippen LogP contribution in [0.15, 0.2) is 12.2 Å². The summed E-state index contributed by atoms with van der Waals surface area (Å²) in [5.41, 5.74) is 0. The molecule has 0 saturated heterocycles. The zero-order valence-electron chi connectivity index (χ0n) is 11.6. The summed E-state index contributed by atoms with van der Waals surface area (Å²) in [6.45, 7) is 0.672. The first-order chi connectivity index (χ1) is 9.28. The molecule has 0 aliphatic heterocycles. The number of allylic oxidation sites excluding steroid dienone is 2. The molecule has 19 heavy (non-hydrogen) atoms. The Morgan fingerprint density at radius 1 is 1.05 bits per heavy atom. The molecule has 0 radical (unpaired) electrons. The van der Waals surface area contributed by atoms with Crippen molar-refractivity contribution in [2.45, 2.75) is 44.9 Å². The molecular formula is C17H24O2. The van der Waals surface area contributed by atoms with Gasteiger partial charge in [-0.2, -0.15) is 0 Å². The van der Waals surface area contributed by atoms with Crippen LogP contribution in [0, 0.1) is 35.5 Å². The van der Waals surface area contributed by atoms with Gasteiger partial charge in [0.1, 0.15) is 0 Å². The third kappa shape index (κ3) is 2.23. The Kier molecular flexibility index (Phi) is 2.93. The van der Waals surface area contributed by atoms with Gasteiger partial charge < -0.3 is 4.74 Å². The van der Waals surface area contributed by atoms with Crippen LogP contribution in [-0.4, -0.2) is 12.6 Å². The Morgan fingerprint density at radius 2 is 2.00 bits per heavy atom. The van der Waals surface area contributed by atoms with Crippen molar-refractivity contribution in [2.24, 2.45) is 35.5 Å². The monoisotopic (exact) mass is 260 g/mol. The highest BCUT2D eigenvalue weighted by Gasteiger charge is 2.41. The minimum atomic E-state index is 0.0734. The summed E-state index contributed by atoms with van der Waals surface area (Å²) >= 11 is 0. The first kappa shape index (κ1) is 12.0. The molecule has 0 amide bonds. The number of hydrogen-bond donors (Lipinski definition) is 0. The fourth-order valence-corrected chi connectivity index (χ4v) is 5.19. The topological polar surface area (TPSA) is 26.3 Å². The number of fused-ring (bicyclic) bond motifs is 4. The highest BCUT2D eigenvalue weighted by molar-refractivity contribution is 5.69. The minimum absolute atomic E-state index is 0.0734. The summed E-state index contributed by atoms with van der Waals surface area (Å²) in [5.74, 6) is 4.57. The Hall–Kier alpha value is -0.790. The highest BCUT2D eigenvalue weighted by Crippen LogP contribution is 2.49. The van der Waals surface area contributed by atoms with E-state index in [0.29, 0.717) is 30.8 Å². The van der Waals surface area contributed by atoms with E-state index in [1.165, 1.54) is 38.5 Å². The third-order valence-electron chi connectivity index (χ3n) is 6.19. The molecule has 0 aromatic rings. The number of carbonyl (C=O) groups excluding carboxylic acids is 1. The second-order valence-corrected chi connectivity index (χ2v) is 7.36. The molecule has 4 rings (SSSR count). The van der Waals surface area contributed by atoms with Crippen molar-refractivity contribution in [1.82, 2.24) is 0 Å². The van der Waals surface area contributed by atoms with E-state index in [1.54, 1.807) is 0 Å². The lowest BCUT2D eigenvalue weighted by atomic mass is 9.86. The molecule has 3 saturated carbocycles. The molecule has 0 aromatic carbocycles. The molecule has 0 heterocycles. The Bertz CT molecular complexity index is 400. The van der Waals surface area contributed by atoms with E-state index in [9.17, 15) is 4.79 Å². The van der Waals surface area contributed by atoms with Crippen LogP contribution in [0.2, 0.25) is 0 Å². The van der Waals surface area contributed by atoms with Crippen molar-refractivity contribution >= 4 is 5.97 Å². The van der Waals surface area contributed by atoms with Gasteiger partial charge in [0.2, 0.25) is 0 Å². The second-order valence-electron chi connectivity index (χ2n) is 7.36. The minimum Gasteiger partial charge on any atom is -0.465 e. The zero-order chi connectivity index (χ0) is 12.8. The summed E-state index contributed by atoms with van der Waals surface area (Å²) in [5, 5.41) is 0. The molecule has 0 aromatic heterocycles. The van der Waals surface area contributed by atoms with Gasteiger partial charge in [0.05, 0.1) is 6.61 Å². The van der Waals surface area contributed by atoms with Gasteiger partial charge in [-0.1, -0.05) is 18.6 Å². The predicted molar refractivity (Wildman–Crippen MR) is 73.4 cm³/mol. The second kappa shape index (κ2) is 4.64. The van der Waals surface area contributed by atoms with Gasteiger partial charge in [-0.3, -0.25) is 4.79 Å². The average Bonchev–Trinajstić information content (AvgIpc) is 3.16. The molecule has 0 N–H and O–H groups in total. The molecule has 6 atom stereocenters. The quantitative estimate of drug-likeness (QED) is 0.570. The number of carbonyl (C=O) groups is 1. The van der Waals surface area contributed by atoms with Gasteiger partial charge >= 0.3 is 5.97 Å². The van der Waals surface area contributed by atoms with E-state index in [-0.39, 0.29) is 5.97 Å². The Morgan fingerprint density at radius 3 is 2.63 bits per heavy atom. The molecule has 2 nitrogen and oxygen atoms in total. The van der Waals surface area contributed by atoms with Crippen molar-refractivity contribution in [3.63, 3.8) is 0 Å². The summed E-state index contributed by atoms with van der Waals surface area (Å²) in [6, 6.07) is 0. The fraction of sp³-hybridized carbons (Fsp3) is 0.824. The van der Waals surface area contributed by atoms with Crippen molar-refractivity contribution < 1.29 is 9.53 Å². The Labute approximate surface area is 115 Å². The number of esters is 1. The lowest BCUT2D eigenvalue weighted by molar-refractivity contribution is -0.146. The molecule has 6 unspecified atom stereocenters. The van der Waals surface area contributed by atoms with Crippen LogP contribution in [0.5, 0.6) is 0 Å². The van der Waals surface area contributed by atoms with E-state index >= 15 is 0 Å². The van der Waals surface area contributed by atoms with Crippen molar-refractivity contribution in [1.29, 1.82) is 0 Å². The lowest BCUT2D eigenvalue weighted by Crippen LogP contribution is -2.21. The number of ether oxygens (including phenoxy) is 1. The molecule has 104 valence electrons. The van der Waals surface area contributed by atoms with E-state index in [2.05, 4.69) is 12.2 Å². The van der Waals surface area contributed by atoms with E-state index < -0.39 is 0 Å². The van der Waals surface area contributed by atoms with Crippen LogP contribution in [0.3, 0.4) is 0 Å². The first-order valence-electron chi connectivity index (χ1n) is 8.12. The van der Waals surface area contributed by atoms with Crippen LogP contribution in [0.1, 0.15) is 44.9 Å². The number of hydrogen-bond acceptors (Lipinski definition) is 2. The average molecular weight is 260 g/mol. The van der Waals surface area contributed by atoms with Gasteiger partial charge in [-0.05, 0) is 67.6 Å². The van der Waals surface area contributed by atoms with E-state index in [4.69, 9.17) is 4.74 Å². The normalized spacial score (nSPS) is 46.1. The van der Waals surface area contributed by atoms with E-state index in [1.807, 2.05) is 0 Å². The van der Waals surface area contributed by atoms with Gasteiger partial charge in [0.25, 0.3) is 0 Å². The van der Waals surface area contributed by atoms with Crippen LogP contribution in [0.25, 0.3) is 0 Å². The maximum absolute atomic E-state index is 12.0. The smallest absolute Gasteiger partial charge is 0.306 e. The summed E-state index contributed by atoms with van der Waals surface area (Å²) < 4.78 is 5.58. The molecule has 0 spiro atoms. The van der Waals surface area contributed by atoms with Gasteiger partial charge in [-0.15, -0.1) is 0 Å². The summed E-state index contributed by atoms with van der Waals surface area (Å²) in [7, 11) is 0. The van der Waals surface area contributed by atoms with Crippen molar-refractivity contribution in [2.75, 3.05) is 6.61 Å². The van der Waals surface area contributed by atoms with Crippen LogP contribution >= 0.6 is 0 Å². The maximum atomic E-state index is 12.0. The SMILES string of the molecule is O=C(CC1CC2CCC1C2)OCC1CC2C=CC1C2. The van der Waals surface area contributed by atoms with Gasteiger partial charge in [0, 0.05) is 6.42 Å². The first-order valence-corrected chi connectivity index (χ1v) is 8.12. The largest absolute Gasteiger partial charge is 0.465 e. The Balaban J connectivity index is 1.23. The van der Waals surface area contributed by atoms with Crippen molar-refractivity contribution in [3.05, 3.63) is 12.2 Å². The molecule has 4 bridgehead atoms. The predicted octanol–water partition coefficient (Wildman–Crippen LogP) is 3.57. The number of rotatable bonds is 4. The fourth-order valence-electron chi connectivity index (χ4n) is 5.19. The van der Waals surface area contributed by atoms with Gasteiger partial charge in [-0.25, -0.2) is 0 Å². The van der Waals surface area contributed by atoms with Crippen LogP contribution in [0.4, 0.5) is 0 Å². The molecule has 3 fully saturated rings. The van der Waals surface area contributed by atoms with Crippen LogP contribution < -0.4 is 0 Å². The van der Waals surface area contributed by atoms with Crippen molar-refractivity contribution in [3.8, 4) is 0 Å². The standard InChI is InChI=1S/C17H24O2/c18-17(9-15-7-11-1-3-13(15)5-11)19-10-16-8-12-2-4-14(16)6-12/h2,4,11-16H,1,3,5-10H2. The maximum Gasteiger partial charge on any atom is 0.306 e. The summed E-state index contributed by atoms with van der Waals surface area (Å²) in [4.78, 5) is 12.0. The molecular weight excluding hydrogens is 236 g/mol. The molecule has 4 aliphatic rings.